The van der Waals surface area contributed by atoms with Gasteiger partial charge in [-0.2, -0.15) is 0 Å². The summed E-state index contributed by atoms with van der Waals surface area (Å²) in [6.45, 7) is 3.50. The van der Waals surface area contributed by atoms with Gasteiger partial charge < -0.3 is 15.3 Å². The molecular formula is C13H18N2O2. The highest BCUT2D eigenvalue weighted by molar-refractivity contribution is 5.90. The molecule has 0 radical (unpaired) electrons. The molecule has 4 nitrogen and oxygen atoms in total. The second kappa shape index (κ2) is 5.19. The Kier molecular flexibility index (Phi) is 3.64. The van der Waals surface area contributed by atoms with Gasteiger partial charge in [-0.15, -0.1) is 0 Å². The van der Waals surface area contributed by atoms with Crippen LogP contribution in [0.3, 0.4) is 0 Å². The van der Waals surface area contributed by atoms with Crippen LogP contribution in [0.1, 0.15) is 12.0 Å². The maximum atomic E-state index is 12.0. The quantitative estimate of drug-likeness (QED) is 0.820. The van der Waals surface area contributed by atoms with E-state index in [1.165, 1.54) is 0 Å². The van der Waals surface area contributed by atoms with Gasteiger partial charge in [-0.05, 0) is 25.0 Å². The third-order valence-electron chi connectivity index (χ3n) is 3.22. The van der Waals surface area contributed by atoms with Crippen molar-refractivity contribution in [3.63, 3.8) is 0 Å². The number of carbonyl (C=O) groups is 1. The maximum Gasteiger partial charge on any atom is 0.321 e. The minimum Gasteiger partial charge on any atom is -0.396 e. The standard InChI is InChI=1S/C13H18N2O2/c1-10-4-2-3-5-12(10)14-13(17)15-7-6-11(8-15)9-16/h2-5,11,16H,6-9H2,1H3,(H,14,17). The summed E-state index contributed by atoms with van der Waals surface area (Å²) in [4.78, 5) is 13.7. The highest BCUT2D eigenvalue weighted by atomic mass is 16.3. The summed E-state index contributed by atoms with van der Waals surface area (Å²) >= 11 is 0. The predicted octanol–water partition coefficient (Wildman–Crippen LogP) is 1.84. The molecule has 1 heterocycles. The molecule has 1 aromatic rings. The highest BCUT2D eigenvalue weighted by Crippen LogP contribution is 2.18. The first-order valence-electron chi connectivity index (χ1n) is 5.93. The van der Waals surface area contributed by atoms with Crippen LogP contribution in [0.5, 0.6) is 0 Å². The van der Waals surface area contributed by atoms with Crippen molar-refractivity contribution in [2.75, 3.05) is 25.0 Å². The first-order chi connectivity index (χ1) is 8.20. The number of amides is 2. The Morgan fingerprint density at radius 1 is 1.53 bits per heavy atom. The van der Waals surface area contributed by atoms with Gasteiger partial charge in [0.15, 0.2) is 0 Å². The topological polar surface area (TPSA) is 52.6 Å². The summed E-state index contributed by atoms with van der Waals surface area (Å²) in [5, 5.41) is 11.9. The lowest BCUT2D eigenvalue weighted by molar-refractivity contribution is 0.208. The summed E-state index contributed by atoms with van der Waals surface area (Å²) in [6, 6.07) is 7.64. The molecule has 1 unspecified atom stereocenters. The fourth-order valence-corrected chi connectivity index (χ4v) is 2.07. The van der Waals surface area contributed by atoms with Crippen LogP contribution in [0.15, 0.2) is 24.3 Å². The highest BCUT2D eigenvalue weighted by Gasteiger charge is 2.25. The molecular weight excluding hydrogens is 216 g/mol. The third kappa shape index (κ3) is 2.77. The molecule has 92 valence electrons. The molecule has 0 aromatic heterocycles. The number of aliphatic hydroxyl groups is 1. The van der Waals surface area contributed by atoms with E-state index in [1.807, 2.05) is 31.2 Å². The average Bonchev–Trinajstić information content (AvgIpc) is 2.81. The van der Waals surface area contributed by atoms with E-state index in [2.05, 4.69) is 5.32 Å². The van der Waals surface area contributed by atoms with Gasteiger partial charge in [0.1, 0.15) is 0 Å². The molecule has 0 aliphatic carbocycles. The van der Waals surface area contributed by atoms with Crippen molar-refractivity contribution in [2.45, 2.75) is 13.3 Å². The number of nitrogens with one attached hydrogen (secondary N) is 1. The van der Waals surface area contributed by atoms with Crippen molar-refractivity contribution in [2.24, 2.45) is 5.92 Å². The number of hydrogen-bond donors (Lipinski definition) is 2. The Hall–Kier alpha value is -1.55. The zero-order valence-corrected chi connectivity index (χ0v) is 10.0. The zero-order chi connectivity index (χ0) is 12.3. The molecule has 1 atom stereocenters. The monoisotopic (exact) mass is 234 g/mol. The number of urea groups is 1. The number of benzene rings is 1. The van der Waals surface area contributed by atoms with Gasteiger partial charge in [-0.1, -0.05) is 18.2 Å². The lowest BCUT2D eigenvalue weighted by atomic mass is 10.1. The number of para-hydroxylation sites is 1. The molecule has 1 aliphatic heterocycles. The van der Waals surface area contributed by atoms with Crippen molar-refractivity contribution >= 4 is 11.7 Å². The number of anilines is 1. The van der Waals surface area contributed by atoms with Crippen LogP contribution in [0.4, 0.5) is 10.5 Å². The van der Waals surface area contributed by atoms with Gasteiger partial charge in [-0.25, -0.2) is 4.79 Å². The summed E-state index contributed by atoms with van der Waals surface area (Å²) < 4.78 is 0. The van der Waals surface area contributed by atoms with Gasteiger partial charge in [-0.3, -0.25) is 0 Å². The van der Waals surface area contributed by atoms with E-state index in [4.69, 9.17) is 5.11 Å². The molecule has 1 aliphatic rings. The van der Waals surface area contributed by atoms with Crippen molar-refractivity contribution in [1.82, 2.24) is 4.90 Å². The first-order valence-corrected chi connectivity index (χ1v) is 5.93. The van der Waals surface area contributed by atoms with Gasteiger partial charge in [0.25, 0.3) is 0 Å². The van der Waals surface area contributed by atoms with Crippen molar-refractivity contribution in [1.29, 1.82) is 0 Å². The smallest absolute Gasteiger partial charge is 0.321 e. The fourth-order valence-electron chi connectivity index (χ4n) is 2.07. The third-order valence-corrected chi connectivity index (χ3v) is 3.22. The molecule has 2 amide bonds. The van der Waals surface area contributed by atoms with Crippen molar-refractivity contribution < 1.29 is 9.90 Å². The van der Waals surface area contributed by atoms with Gasteiger partial charge >= 0.3 is 6.03 Å². The number of carbonyl (C=O) groups excluding carboxylic acids is 1. The predicted molar refractivity (Wildman–Crippen MR) is 67.0 cm³/mol. The van der Waals surface area contributed by atoms with E-state index in [9.17, 15) is 4.79 Å². The van der Waals surface area contributed by atoms with E-state index >= 15 is 0 Å². The lowest BCUT2D eigenvalue weighted by Crippen LogP contribution is -2.33. The Bertz CT molecular complexity index is 406. The zero-order valence-electron chi connectivity index (χ0n) is 10.0. The average molecular weight is 234 g/mol. The van der Waals surface area contributed by atoms with E-state index in [-0.39, 0.29) is 18.6 Å². The van der Waals surface area contributed by atoms with E-state index < -0.39 is 0 Å². The Morgan fingerprint density at radius 2 is 2.29 bits per heavy atom. The Morgan fingerprint density at radius 3 is 2.94 bits per heavy atom. The van der Waals surface area contributed by atoms with Crippen LogP contribution < -0.4 is 5.32 Å². The van der Waals surface area contributed by atoms with E-state index in [1.54, 1.807) is 4.90 Å². The molecule has 0 saturated carbocycles. The van der Waals surface area contributed by atoms with E-state index in [0.717, 1.165) is 24.2 Å². The molecule has 1 aromatic carbocycles. The number of nitrogens with zero attached hydrogens (tertiary/aromatic N) is 1. The van der Waals surface area contributed by atoms with Gasteiger partial charge in [0.05, 0.1) is 0 Å². The van der Waals surface area contributed by atoms with Gasteiger partial charge in [0.2, 0.25) is 0 Å². The fraction of sp³-hybridized carbons (Fsp3) is 0.462. The van der Waals surface area contributed by atoms with Crippen LogP contribution >= 0.6 is 0 Å². The van der Waals surface area contributed by atoms with Crippen LogP contribution in [0.25, 0.3) is 0 Å². The summed E-state index contributed by atoms with van der Waals surface area (Å²) in [7, 11) is 0. The molecule has 4 heteroatoms. The molecule has 2 N–H and O–H groups in total. The number of aryl methyl sites for hydroxylation is 1. The molecule has 0 bridgehead atoms. The maximum absolute atomic E-state index is 12.0. The lowest BCUT2D eigenvalue weighted by Gasteiger charge is -2.17. The Balaban J connectivity index is 1.96. The minimum absolute atomic E-state index is 0.0738. The van der Waals surface area contributed by atoms with Crippen molar-refractivity contribution in [3.05, 3.63) is 29.8 Å². The van der Waals surface area contributed by atoms with Crippen LogP contribution in [-0.4, -0.2) is 35.7 Å². The molecule has 1 fully saturated rings. The molecule has 0 spiro atoms. The molecule has 17 heavy (non-hydrogen) atoms. The number of rotatable bonds is 2. The molecule has 2 rings (SSSR count). The number of hydrogen-bond acceptors (Lipinski definition) is 2. The van der Waals surface area contributed by atoms with Crippen LogP contribution in [0.2, 0.25) is 0 Å². The summed E-state index contributed by atoms with van der Waals surface area (Å²) in [5.41, 5.74) is 1.91. The van der Waals surface area contributed by atoms with Crippen LogP contribution in [0, 0.1) is 12.8 Å². The summed E-state index contributed by atoms with van der Waals surface area (Å²) in [5.74, 6) is 0.234. The number of likely N-dealkylation sites (tertiary alicyclic amines) is 1. The normalized spacial score (nSPS) is 19.4. The minimum atomic E-state index is -0.0738. The second-order valence-corrected chi connectivity index (χ2v) is 4.53. The largest absolute Gasteiger partial charge is 0.396 e. The van der Waals surface area contributed by atoms with E-state index in [0.29, 0.717) is 6.54 Å². The SMILES string of the molecule is Cc1ccccc1NC(=O)N1CCC(CO)C1. The van der Waals surface area contributed by atoms with Crippen molar-refractivity contribution in [3.8, 4) is 0 Å². The van der Waals surface area contributed by atoms with Gasteiger partial charge in [0, 0.05) is 31.3 Å². The Labute approximate surface area is 101 Å². The second-order valence-electron chi connectivity index (χ2n) is 4.53. The first kappa shape index (κ1) is 11.9. The molecule has 1 saturated heterocycles. The summed E-state index contributed by atoms with van der Waals surface area (Å²) in [6.07, 6.45) is 0.887. The number of aliphatic hydroxyl groups excluding tert-OH is 1. The van der Waals surface area contributed by atoms with Crippen LogP contribution in [-0.2, 0) is 0 Å².